The van der Waals surface area contributed by atoms with Crippen molar-refractivity contribution >= 4 is 11.8 Å². The summed E-state index contributed by atoms with van der Waals surface area (Å²) in [5.41, 5.74) is 1.70. The number of nitrogens with zero attached hydrogens (tertiary/aromatic N) is 1. The summed E-state index contributed by atoms with van der Waals surface area (Å²) in [7, 11) is 1.77. The number of ether oxygens (including phenoxy) is 1. The normalized spacial score (nSPS) is 17.8. The Morgan fingerprint density at radius 3 is 2.78 bits per heavy atom. The first-order chi connectivity index (χ1) is 10.8. The number of rotatable bonds is 5. The first-order valence-electron chi connectivity index (χ1n) is 8.34. The molecule has 1 saturated heterocycles. The van der Waals surface area contributed by atoms with Gasteiger partial charge in [-0.1, -0.05) is 18.2 Å². The Labute approximate surface area is 139 Å². The second-order valence-electron chi connectivity index (χ2n) is 7.17. The molecule has 2 rings (SSSR count). The summed E-state index contributed by atoms with van der Waals surface area (Å²) in [5.74, 6) is 0. The standard InChI is InChI=1S/C18H29N3O2/c1-18(2,3)23-17(22)21(4)13-14-8-5-6-10-16(14)20-12-15-9-7-11-19-15/h5-6,8,10,15,19-20H,7,9,11-13H2,1-4H3. The predicted octanol–water partition coefficient (Wildman–Crippen LogP) is 3.22. The summed E-state index contributed by atoms with van der Waals surface area (Å²) >= 11 is 0. The minimum Gasteiger partial charge on any atom is -0.444 e. The molecule has 0 aromatic heterocycles. The van der Waals surface area contributed by atoms with Crippen molar-refractivity contribution in [3.63, 3.8) is 0 Å². The molecular formula is C18H29N3O2. The summed E-state index contributed by atoms with van der Waals surface area (Å²) < 4.78 is 5.41. The predicted molar refractivity (Wildman–Crippen MR) is 93.7 cm³/mol. The van der Waals surface area contributed by atoms with Crippen molar-refractivity contribution in [2.75, 3.05) is 25.5 Å². The fourth-order valence-electron chi connectivity index (χ4n) is 2.65. The Balaban J connectivity index is 1.94. The van der Waals surface area contributed by atoms with Crippen LogP contribution in [0.4, 0.5) is 10.5 Å². The van der Waals surface area contributed by atoms with Gasteiger partial charge in [-0.2, -0.15) is 0 Å². The van der Waals surface area contributed by atoms with Gasteiger partial charge in [-0.05, 0) is 51.8 Å². The van der Waals surface area contributed by atoms with Gasteiger partial charge in [0.25, 0.3) is 0 Å². The van der Waals surface area contributed by atoms with Gasteiger partial charge in [-0.25, -0.2) is 4.79 Å². The van der Waals surface area contributed by atoms with Crippen LogP contribution in [0.5, 0.6) is 0 Å². The van der Waals surface area contributed by atoms with E-state index < -0.39 is 5.60 Å². The molecule has 23 heavy (non-hydrogen) atoms. The summed E-state index contributed by atoms with van der Waals surface area (Å²) in [4.78, 5) is 13.7. The molecule has 1 heterocycles. The van der Waals surface area contributed by atoms with Crippen LogP contribution in [0.2, 0.25) is 0 Å². The molecule has 1 aromatic carbocycles. The Morgan fingerprint density at radius 2 is 2.13 bits per heavy atom. The SMILES string of the molecule is CN(Cc1ccccc1NCC1CCCN1)C(=O)OC(C)(C)C. The van der Waals surface area contributed by atoms with E-state index in [-0.39, 0.29) is 6.09 Å². The molecule has 0 saturated carbocycles. The van der Waals surface area contributed by atoms with E-state index in [9.17, 15) is 4.79 Å². The van der Waals surface area contributed by atoms with Crippen molar-refractivity contribution in [1.29, 1.82) is 0 Å². The van der Waals surface area contributed by atoms with Crippen molar-refractivity contribution in [3.8, 4) is 0 Å². The van der Waals surface area contributed by atoms with Gasteiger partial charge in [0.1, 0.15) is 5.60 Å². The molecule has 128 valence electrons. The van der Waals surface area contributed by atoms with Crippen molar-refractivity contribution in [2.24, 2.45) is 0 Å². The first-order valence-corrected chi connectivity index (χ1v) is 8.34. The second kappa shape index (κ2) is 7.68. The molecule has 5 nitrogen and oxygen atoms in total. The van der Waals surface area contributed by atoms with Crippen LogP contribution in [0.1, 0.15) is 39.2 Å². The van der Waals surface area contributed by atoms with E-state index in [0.717, 1.165) is 24.3 Å². The van der Waals surface area contributed by atoms with E-state index in [1.807, 2.05) is 39.0 Å². The molecule has 5 heteroatoms. The number of carbonyl (C=O) groups is 1. The minimum absolute atomic E-state index is 0.301. The summed E-state index contributed by atoms with van der Waals surface area (Å²) in [6.07, 6.45) is 2.16. The number of hydrogen-bond donors (Lipinski definition) is 2. The largest absolute Gasteiger partial charge is 0.444 e. The monoisotopic (exact) mass is 319 g/mol. The highest BCUT2D eigenvalue weighted by Crippen LogP contribution is 2.19. The Kier molecular flexibility index (Phi) is 5.88. The zero-order valence-corrected chi connectivity index (χ0v) is 14.7. The molecule has 2 N–H and O–H groups in total. The van der Waals surface area contributed by atoms with Gasteiger partial charge in [-0.15, -0.1) is 0 Å². The van der Waals surface area contributed by atoms with Crippen LogP contribution in [0, 0.1) is 0 Å². The highest BCUT2D eigenvalue weighted by molar-refractivity contribution is 5.68. The van der Waals surface area contributed by atoms with Crippen LogP contribution in [0.15, 0.2) is 24.3 Å². The van der Waals surface area contributed by atoms with Crippen LogP contribution >= 0.6 is 0 Å². The third kappa shape index (κ3) is 5.75. The highest BCUT2D eigenvalue weighted by atomic mass is 16.6. The molecule has 1 atom stereocenters. The van der Waals surface area contributed by atoms with Crippen molar-refractivity contribution in [1.82, 2.24) is 10.2 Å². The maximum absolute atomic E-state index is 12.1. The van der Waals surface area contributed by atoms with E-state index in [4.69, 9.17) is 4.74 Å². The Bertz CT molecular complexity index is 519. The van der Waals surface area contributed by atoms with Gasteiger partial charge in [-0.3, -0.25) is 0 Å². The molecule has 1 unspecified atom stereocenters. The Hall–Kier alpha value is -1.75. The van der Waals surface area contributed by atoms with Gasteiger partial charge in [0.15, 0.2) is 0 Å². The van der Waals surface area contributed by atoms with E-state index in [2.05, 4.69) is 16.7 Å². The molecule has 0 radical (unpaired) electrons. The minimum atomic E-state index is -0.475. The lowest BCUT2D eigenvalue weighted by Crippen LogP contribution is -2.34. The van der Waals surface area contributed by atoms with Crippen LogP contribution < -0.4 is 10.6 Å². The van der Waals surface area contributed by atoms with E-state index in [0.29, 0.717) is 12.6 Å². The van der Waals surface area contributed by atoms with E-state index in [1.54, 1.807) is 11.9 Å². The van der Waals surface area contributed by atoms with Gasteiger partial charge >= 0.3 is 6.09 Å². The number of carbonyl (C=O) groups excluding carboxylic acids is 1. The van der Waals surface area contributed by atoms with Crippen molar-refractivity contribution in [2.45, 2.75) is 51.8 Å². The van der Waals surface area contributed by atoms with Gasteiger partial charge < -0.3 is 20.3 Å². The molecule has 0 aliphatic carbocycles. The molecule has 1 aliphatic rings. The maximum atomic E-state index is 12.1. The maximum Gasteiger partial charge on any atom is 0.410 e. The average molecular weight is 319 g/mol. The number of hydrogen-bond acceptors (Lipinski definition) is 4. The topological polar surface area (TPSA) is 53.6 Å². The fraction of sp³-hybridized carbons (Fsp3) is 0.611. The molecule has 1 fully saturated rings. The molecule has 1 aromatic rings. The third-order valence-corrected chi connectivity index (χ3v) is 3.83. The van der Waals surface area contributed by atoms with Gasteiger partial charge in [0.2, 0.25) is 0 Å². The molecule has 1 aliphatic heterocycles. The number of para-hydroxylation sites is 1. The number of nitrogens with one attached hydrogen (secondary N) is 2. The first kappa shape index (κ1) is 17.6. The summed E-state index contributed by atoms with van der Waals surface area (Å²) in [6, 6.07) is 8.66. The van der Waals surface area contributed by atoms with Crippen molar-refractivity contribution < 1.29 is 9.53 Å². The van der Waals surface area contributed by atoms with Crippen LogP contribution in [0.25, 0.3) is 0 Å². The molecule has 0 spiro atoms. The number of anilines is 1. The van der Waals surface area contributed by atoms with Crippen LogP contribution in [0.3, 0.4) is 0 Å². The zero-order valence-electron chi connectivity index (χ0n) is 14.7. The zero-order chi connectivity index (χ0) is 16.9. The lowest BCUT2D eigenvalue weighted by molar-refractivity contribution is 0.0285. The van der Waals surface area contributed by atoms with Gasteiger partial charge in [0.05, 0.1) is 6.54 Å². The van der Waals surface area contributed by atoms with Crippen molar-refractivity contribution in [3.05, 3.63) is 29.8 Å². The molecule has 1 amide bonds. The summed E-state index contributed by atoms with van der Waals surface area (Å²) in [5, 5.41) is 6.99. The molecule has 0 bridgehead atoms. The average Bonchev–Trinajstić information content (AvgIpc) is 2.98. The quantitative estimate of drug-likeness (QED) is 0.875. The smallest absolute Gasteiger partial charge is 0.410 e. The molecular weight excluding hydrogens is 290 g/mol. The Morgan fingerprint density at radius 1 is 1.39 bits per heavy atom. The van der Waals surface area contributed by atoms with E-state index in [1.165, 1.54) is 12.8 Å². The van der Waals surface area contributed by atoms with Gasteiger partial charge in [0, 0.05) is 25.3 Å². The summed E-state index contributed by atoms with van der Waals surface area (Å²) in [6.45, 7) is 8.17. The number of benzene rings is 1. The fourth-order valence-corrected chi connectivity index (χ4v) is 2.65. The third-order valence-electron chi connectivity index (χ3n) is 3.83. The van der Waals surface area contributed by atoms with E-state index >= 15 is 0 Å². The highest BCUT2D eigenvalue weighted by Gasteiger charge is 2.20. The second-order valence-corrected chi connectivity index (χ2v) is 7.17. The number of amides is 1. The van der Waals surface area contributed by atoms with Crippen LogP contribution in [-0.4, -0.2) is 42.8 Å². The lowest BCUT2D eigenvalue weighted by atomic mass is 10.1. The van der Waals surface area contributed by atoms with Crippen LogP contribution in [-0.2, 0) is 11.3 Å². The lowest BCUT2D eigenvalue weighted by Gasteiger charge is -2.25.